The van der Waals surface area contributed by atoms with Crippen LogP contribution in [0.2, 0.25) is 0 Å². The van der Waals surface area contributed by atoms with E-state index < -0.39 is 0 Å². The first-order chi connectivity index (χ1) is 16.5. The zero-order chi connectivity index (χ0) is 23.7. The fourth-order valence-electron chi connectivity index (χ4n) is 4.33. The molecule has 4 amide bonds. The number of carbonyl (C=O) groups excluding carboxylic acids is 2. The van der Waals surface area contributed by atoms with E-state index >= 15 is 0 Å². The number of anilines is 2. The van der Waals surface area contributed by atoms with Crippen molar-refractivity contribution < 1.29 is 14.3 Å². The number of nitrogens with zero attached hydrogens (tertiary/aromatic N) is 4. The molecule has 1 saturated carbocycles. The Morgan fingerprint density at radius 3 is 2.65 bits per heavy atom. The zero-order valence-electron chi connectivity index (χ0n) is 19.6. The second-order valence-corrected chi connectivity index (χ2v) is 9.06. The molecule has 0 bridgehead atoms. The van der Waals surface area contributed by atoms with E-state index in [0.717, 1.165) is 47.6 Å². The average molecular weight is 466 g/mol. The summed E-state index contributed by atoms with van der Waals surface area (Å²) in [6.07, 6.45) is 2.09. The summed E-state index contributed by atoms with van der Waals surface area (Å²) in [4.78, 5) is 38.4. The molecule has 10 heteroatoms. The molecule has 1 atom stereocenters. The van der Waals surface area contributed by atoms with Gasteiger partial charge in [-0.05, 0) is 38.8 Å². The van der Waals surface area contributed by atoms with Crippen LogP contribution in [0.25, 0.3) is 11.3 Å². The van der Waals surface area contributed by atoms with Crippen molar-refractivity contribution in [3.63, 3.8) is 0 Å². The molecule has 0 radical (unpaired) electrons. The number of morpholine rings is 1. The van der Waals surface area contributed by atoms with E-state index in [2.05, 4.69) is 27.8 Å². The summed E-state index contributed by atoms with van der Waals surface area (Å²) >= 11 is 0. The Hall–Kier alpha value is -3.40. The van der Waals surface area contributed by atoms with Crippen molar-refractivity contribution in [1.82, 2.24) is 25.5 Å². The van der Waals surface area contributed by atoms with Crippen LogP contribution in [0.5, 0.6) is 0 Å². The molecule has 5 rings (SSSR count). The number of ether oxygens (including phenoxy) is 1. The van der Waals surface area contributed by atoms with Crippen LogP contribution in [0.3, 0.4) is 0 Å². The molecule has 0 spiro atoms. The van der Waals surface area contributed by atoms with E-state index in [-0.39, 0.29) is 18.1 Å². The number of aromatic nitrogens is 2. The first-order valence-electron chi connectivity index (χ1n) is 12.0. The second kappa shape index (κ2) is 9.46. The molecule has 1 unspecified atom stereocenters. The van der Waals surface area contributed by atoms with Gasteiger partial charge in [0, 0.05) is 35.9 Å². The number of hydrogen-bond acceptors (Lipinski definition) is 6. The van der Waals surface area contributed by atoms with Gasteiger partial charge in [-0.25, -0.2) is 19.6 Å². The van der Waals surface area contributed by atoms with Crippen molar-refractivity contribution in [2.45, 2.75) is 51.9 Å². The lowest BCUT2D eigenvalue weighted by Crippen LogP contribution is -2.44. The van der Waals surface area contributed by atoms with Gasteiger partial charge in [0.05, 0.1) is 43.7 Å². The Balaban J connectivity index is 1.44. The molecule has 3 aliphatic rings. The molecule has 34 heavy (non-hydrogen) atoms. The van der Waals surface area contributed by atoms with Gasteiger partial charge in [0.1, 0.15) is 0 Å². The summed E-state index contributed by atoms with van der Waals surface area (Å²) in [5.74, 6) is 0.660. The minimum absolute atomic E-state index is 0.103. The molecule has 2 fully saturated rings. The Morgan fingerprint density at radius 2 is 1.94 bits per heavy atom. The number of benzene rings is 1. The highest BCUT2D eigenvalue weighted by Crippen LogP contribution is 2.33. The van der Waals surface area contributed by atoms with Gasteiger partial charge >= 0.3 is 12.1 Å². The lowest BCUT2D eigenvalue weighted by molar-refractivity contribution is 0.0980. The van der Waals surface area contributed by atoms with E-state index in [1.807, 2.05) is 31.2 Å². The van der Waals surface area contributed by atoms with Crippen molar-refractivity contribution in [3.05, 3.63) is 35.5 Å². The summed E-state index contributed by atoms with van der Waals surface area (Å²) in [5.41, 5.74) is 4.30. The van der Waals surface area contributed by atoms with E-state index in [9.17, 15) is 9.59 Å². The average Bonchev–Trinajstić information content (AvgIpc) is 3.53. The van der Waals surface area contributed by atoms with Crippen molar-refractivity contribution in [2.24, 2.45) is 0 Å². The van der Waals surface area contributed by atoms with Crippen LogP contribution in [0.15, 0.2) is 24.3 Å². The Labute approximate surface area is 199 Å². The summed E-state index contributed by atoms with van der Waals surface area (Å²) in [7, 11) is 0. The van der Waals surface area contributed by atoms with Crippen LogP contribution in [0.1, 0.15) is 37.9 Å². The maximum absolute atomic E-state index is 12.5. The van der Waals surface area contributed by atoms with Gasteiger partial charge in [0.2, 0.25) is 5.95 Å². The van der Waals surface area contributed by atoms with E-state index in [0.29, 0.717) is 44.8 Å². The third-order valence-corrected chi connectivity index (χ3v) is 6.34. The monoisotopic (exact) mass is 465 g/mol. The van der Waals surface area contributed by atoms with Crippen molar-refractivity contribution in [1.29, 1.82) is 0 Å². The molecule has 3 heterocycles. The number of rotatable bonds is 5. The minimum Gasteiger partial charge on any atom is -0.377 e. The highest BCUT2D eigenvalue weighted by molar-refractivity contribution is 5.90. The Bertz CT molecular complexity index is 1070. The van der Waals surface area contributed by atoms with Crippen molar-refractivity contribution in [2.75, 3.05) is 36.5 Å². The number of urea groups is 2. The maximum atomic E-state index is 12.5. The first-order valence-corrected chi connectivity index (χ1v) is 12.0. The van der Waals surface area contributed by atoms with E-state index in [4.69, 9.17) is 14.7 Å². The van der Waals surface area contributed by atoms with Crippen molar-refractivity contribution in [3.8, 4) is 11.3 Å². The van der Waals surface area contributed by atoms with Crippen LogP contribution >= 0.6 is 0 Å². The minimum atomic E-state index is -0.181. The summed E-state index contributed by atoms with van der Waals surface area (Å²) in [6, 6.07) is 7.85. The van der Waals surface area contributed by atoms with Crippen LogP contribution < -0.4 is 20.9 Å². The van der Waals surface area contributed by atoms with Gasteiger partial charge in [-0.15, -0.1) is 0 Å². The quantitative estimate of drug-likeness (QED) is 0.626. The topological polar surface area (TPSA) is 112 Å². The zero-order valence-corrected chi connectivity index (χ0v) is 19.6. The molecule has 1 aliphatic carbocycles. The largest absolute Gasteiger partial charge is 0.377 e. The van der Waals surface area contributed by atoms with Gasteiger partial charge in [-0.1, -0.05) is 12.1 Å². The molecular weight excluding hydrogens is 434 g/mol. The lowest BCUT2D eigenvalue weighted by atomic mass is 10.1. The normalized spacial score (nSPS) is 19.5. The molecule has 180 valence electrons. The molecule has 1 aromatic carbocycles. The van der Waals surface area contributed by atoms with Gasteiger partial charge in [0.25, 0.3) is 0 Å². The summed E-state index contributed by atoms with van der Waals surface area (Å²) < 4.78 is 5.59. The van der Waals surface area contributed by atoms with Gasteiger partial charge in [0.15, 0.2) is 0 Å². The molecule has 3 N–H and O–H groups in total. The molecule has 1 saturated heterocycles. The summed E-state index contributed by atoms with van der Waals surface area (Å²) in [6.45, 7) is 7.47. The first kappa shape index (κ1) is 22.4. The molecular formula is C24H31N7O3. The van der Waals surface area contributed by atoms with Crippen LogP contribution in [0, 0.1) is 0 Å². The van der Waals surface area contributed by atoms with Gasteiger partial charge in [-0.3, -0.25) is 0 Å². The third kappa shape index (κ3) is 4.77. The lowest BCUT2D eigenvalue weighted by Gasteiger charge is -2.33. The maximum Gasteiger partial charge on any atom is 0.319 e. The number of nitrogens with one attached hydrogen (secondary N) is 3. The standard InChI is InChI=1S/C24H31N7O3/c1-3-25-24(33)30-12-19-20(13-30)28-22(31-10-11-34-14-15(31)2)29-21(19)16-4-6-17(7-5-16)26-23(32)27-18-8-9-18/h4-7,15,18H,3,8-14H2,1-2H3,(H,25,33)(H2,26,27,32). The van der Waals surface area contributed by atoms with E-state index in [1.165, 1.54) is 0 Å². The molecule has 2 aromatic rings. The van der Waals surface area contributed by atoms with Crippen molar-refractivity contribution >= 4 is 23.7 Å². The number of amides is 4. The van der Waals surface area contributed by atoms with Crippen LogP contribution in [0.4, 0.5) is 21.2 Å². The fraction of sp³-hybridized carbons (Fsp3) is 0.500. The molecule has 1 aromatic heterocycles. The predicted octanol–water partition coefficient (Wildman–Crippen LogP) is 2.70. The highest BCUT2D eigenvalue weighted by atomic mass is 16.5. The number of carbonyl (C=O) groups is 2. The van der Waals surface area contributed by atoms with Crippen LogP contribution in [-0.2, 0) is 17.8 Å². The molecule has 10 nitrogen and oxygen atoms in total. The SMILES string of the molecule is CCNC(=O)N1Cc2nc(N3CCOCC3C)nc(-c3ccc(NC(=O)NC4CC4)cc3)c2C1. The fourth-order valence-corrected chi connectivity index (χ4v) is 4.33. The third-order valence-electron chi connectivity index (χ3n) is 6.34. The summed E-state index contributed by atoms with van der Waals surface area (Å²) in [5, 5.41) is 8.69. The Kier molecular flexibility index (Phi) is 6.23. The smallest absolute Gasteiger partial charge is 0.319 e. The Morgan fingerprint density at radius 1 is 1.15 bits per heavy atom. The van der Waals surface area contributed by atoms with Gasteiger partial charge < -0.3 is 30.5 Å². The number of hydrogen-bond donors (Lipinski definition) is 3. The predicted molar refractivity (Wildman–Crippen MR) is 129 cm³/mol. The van der Waals surface area contributed by atoms with Crippen LogP contribution in [-0.4, -0.2) is 65.3 Å². The van der Waals surface area contributed by atoms with Gasteiger partial charge in [-0.2, -0.15) is 0 Å². The second-order valence-electron chi connectivity index (χ2n) is 9.06. The molecule has 2 aliphatic heterocycles. The highest BCUT2D eigenvalue weighted by Gasteiger charge is 2.31. The number of fused-ring (bicyclic) bond motifs is 1. The van der Waals surface area contributed by atoms with E-state index in [1.54, 1.807) is 4.90 Å².